The van der Waals surface area contributed by atoms with E-state index >= 15 is 0 Å². The van der Waals surface area contributed by atoms with Gasteiger partial charge >= 0.3 is 0 Å². The van der Waals surface area contributed by atoms with Gasteiger partial charge in [0, 0.05) is 18.8 Å². The molecular weight excluding hydrogens is 428 g/mol. The van der Waals surface area contributed by atoms with E-state index in [0.717, 1.165) is 11.5 Å². The van der Waals surface area contributed by atoms with E-state index in [9.17, 15) is 9.59 Å². The minimum Gasteiger partial charge on any atom is -0.382 e. The molecule has 4 aromatic rings. The van der Waals surface area contributed by atoms with Gasteiger partial charge in [0.25, 0.3) is 11.5 Å². The van der Waals surface area contributed by atoms with E-state index in [2.05, 4.69) is 15.0 Å². The fourth-order valence-corrected chi connectivity index (χ4v) is 3.11. The molecule has 2 heterocycles. The van der Waals surface area contributed by atoms with Gasteiger partial charge in [-0.05, 0) is 24.3 Å². The van der Waals surface area contributed by atoms with E-state index in [1.54, 1.807) is 10.6 Å². The van der Waals surface area contributed by atoms with Crippen molar-refractivity contribution >= 4 is 34.2 Å². The molecule has 8 nitrogen and oxygen atoms in total. The van der Waals surface area contributed by atoms with Crippen LogP contribution < -0.4 is 17.0 Å². The maximum absolute atomic E-state index is 12.8. The maximum atomic E-state index is 12.8. The summed E-state index contributed by atoms with van der Waals surface area (Å²) in [5.41, 5.74) is 11.5. The summed E-state index contributed by atoms with van der Waals surface area (Å²) in [6.07, 6.45) is 3.42. The van der Waals surface area contributed by atoms with Gasteiger partial charge in [0.15, 0.2) is 11.5 Å². The Labute approximate surface area is 190 Å². The first kappa shape index (κ1) is 24.5. The monoisotopic (exact) mass is 452 g/mol. The predicted molar refractivity (Wildman–Crippen MR) is 128 cm³/mol. The second-order valence-corrected chi connectivity index (χ2v) is 6.55. The van der Waals surface area contributed by atoms with Crippen molar-refractivity contribution in [3.05, 3.63) is 87.8 Å². The number of hydrogen-bond acceptors (Lipinski definition) is 6. The summed E-state index contributed by atoms with van der Waals surface area (Å²) < 4.78 is 1.63. The molecule has 0 saturated heterocycles. The molecule has 0 spiro atoms. The van der Waals surface area contributed by atoms with Gasteiger partial charge in [0.1, 0.15) is 5.82 Å². The fourth-order valence-electron chi connectivity index (χ4n) is 2.85. The van der Waals surface area contributed by atoms with Crippen molar-refractivity contribution in [1.82, 2.24) is 19.5 Å². The molecule has 4 N–H and O–H groups in total. The van der Waals surface area contributed by atoms with Crippen LogP contribution in [0.25, 0.3) is 16.6 Å². The number of carbonyl (C=O) groups excluding carboxylic acids is 1. The van der Waals surface area contributed by atoms with Crippen LogP contribution in [0.15, 0.2) is 65.7 Å². The highest BCUT2D eigenvalue weighted by Gasteiger charge is 2.13. The van der Waals surface area contributed by atoms with E-state index in [0.29, 0.717) is 22.3 Å². The lowest BCUT2D eigenvalue weighted by molar-refractivity contribution is 0.0996. The third-order valence-electron chi connectivity index (χ3n) is 4.21. The molecule has 166 valence electrons. The Kier molecular flexibility index (Phi) is 8.85. The first-order valence-corrected chi connectivity index (χ1v) is 10.4. The average Bonchev–Trinajstić information content (AvgIpc) is 2.81. The number of halogens is 1. The number of anilines is 1. The van der Waals surface area contributed by atoms with Crippen LogP contribution in [-0.4, -0.2) is 25.4 Å². The van der Waals surface area contributed by atoms with Crippen LogP contribution in [0.2, 0.25) is 5.02 Å². The van der Waals surface area contributed by atoms with Crippen LogP contribution in [-0.2, 0) is 6.42 Å². The molecule has 2 aromatic carbocycles. The normalized spacial score (nSPS) is 9.88. The van der Waals surface area contributed by atoms with E-state index < -0.39 is 5.91 Å². The van der Waals surface area contributed by atoms with Gasteiger partial charge in [-0.3, -0.25) is 14.2 Å². The van der Waals surface area contributed by atoms with Crippen molar-refractivity contribution in [1.29, 1.82) is 0 Å². The number of rotatable bonds is 3. The Hall–Kier alpha value is -3.78. The highest BCUT2D eigenvalue weighted by atomic mass is 35.5. The van der Waals surface area contributed by atoms with Crippen molar-refractivity contribution in [2.24, 2.45) is 5.73 Å². The summed E-state index contributed by atoms with van der Waals surface area (Å²) in [5, 5.41) is 0.905. The van der Waals surface area contributed by atoms with Crippen molar-refractivity contribution in [2.75, 3.05) is 5.73 Å². The van der Waals surface area contributed by atoms with Crippen LogP contribution in [0.1, 0.15) is 37.1 Å². The molecule has 2 aromatic heterocycles. The molecule has 0 radical (unpaired) electrons. The molecule has 0 fully saturated rings. The number of hydrogen-bond donors (Lipinski definition) is 2. The smallest absolute Gasteiger partial charge is 0.271 e. The van der Waals surface area contributed by atoms with Crippen molar-refractivity contribution in [3.8, 4) is 5.69 Å². The van der Waals surface area contributed by atoms with Gasteiger partial charge < -0.3 is 11.5 Å². The maximum Gasteiger partial charge on any atom is 0.271 e. The SMILES string of the molecule is CC.CCc1nc2cccc(Cl)c2c(=O)n1-c1ccccc1.NC(=O)c1nccnc1N. The number of carbonyl (C=O) groups is 1. The van der Waals surface area contributed by atoms with Gasteiger partial charge in [-0.1, -0.05) is 56.6 Å². The van der Waals surface area contributed by atoms with E-state index in [4.69, 9.17) is 23.1 Å². The molecule has 4 rings (SSSR count). The average molecular weight is 453 g/mol. The van der Waals surface area contributed by atoms with Gasteiger partial charge in [-0.25, -0.2) is 15.0 Å². The molecule has 1 amide bonds. The quantitative estimate of drug-likeness (QED) is 0.486. The van der Waals surface area contributed by atoms with Crippen LogP contribution >= 0.6 is 11.6 Å². The zero-order valence-corrected chi connectivity index (χ0v) is 18.9. The number of primary amides is 1. The zero-order chi connectivity index (χ0) is 23.7. The van der Waals surface area contributed by atoms with E-state index in [1.807, 2.05) is 63.2 Å². The van der Waals surface area contributed by atoms with Crippen LogP contribution in [0, 0.1) is 0 Å². The Balaban J connectivity index is 0.000000255. The van der Waals surface area contributed by atoms with E-state index in [1.165, 1.54) is 12.4 Å². The number of nitrogens with two attached hydrogens (primary N) is 2. The number of nitrogen functional groups attached to an aromatic ring is 1. The summed E-state index contributed by atoms with van der Waals surface area (Å²) in [6.45, 7) is 5.98. The molecule has 0 aliphatic heterocycles. The number of aromatic nitrogens is 4. The molecule has 0 unspecified atom stereocenters. The summed E-state index contributed by atoms with van der Waals surface area (Å²) >= 11 is 6.16. The van der Waals surface area contributed by atoms with Gasteiger partial charge in [0.05, 0.1) is 21.6 Å². The third kappa shape index (κ3) is 5.47. The predicted octanol–water partition coefficient (Wildman–Crippen LogP) is 3.79. The van der Waals surface area contributed by atoms with Gasteiger partial charge in [-0.15, -0.1) is 0 Å². The lowest BCUT2D eigenvalue weighted by Gasteiger charge is -2.12. The molecule has 0 aliphatic carbocycles. The summed E-state index contributed by atoms with van der Waals surface area (Å²) in [7, 11) is 0. The summed E-state index contributed by atoms with van der Waals surface area (Å²) in [6, 6.07) is 14.8. The number of benzene rings is 2. The molecule has 0 bridgehead atoms. The van der Waals surface area contributed by atoms with Crippen LogP contribution in [0.4, 0.5) is 5.82 Å². The minimum atomic E-state index is -0.661. The lowest BCUT2D eigenvalue weighted by atomic mass is 10.2. The Morgan fingerprint density at radius 1 is 1.03 bits per heavy atom. The van der Waals surface area contributed by atoms with Gasteiger partial charge in [-0.2, -0.15) is 0 Å². The number of amides is 1. The molecule has 0 atom stereocenters. The van der Waals surface area contributed by atoms with Gasteiger partial charge in [0.2, 0.25) is 0 Å². The molecule has 0 aliphatic rings. The topological polar surface area (TPSA) is 130 Å². The first-order valence-electron chi connectivity index (χ1n) is 10.1. The molecule has 9 heteroatoms. The number of aryl methyl sites for hydroxylation is 1. The minimum absolute atomic E-state index is 0.0162. The third-order valence-corrected chi connectivity index (χ3v) is 4.52. The number of para-hydroxylation sites is 1. The van der Waals surface area contributed by atoms with Crippen LogP contribution in [0.5, 0.6) is 0 Å². The van der Waals surface area contributed by atoms with Crippen molar-refractivity contribution in [2.45, 2.75) is 27.2 Å². The lowest BCUT2D eigenvalue weighted by Crippen LogP contribution is -2.23. The van der Waals surface area contributed by atoms with Crippen molar-refractivity contribution < 1.29 is 4.79 Å². The standard InChI is InChI=1S/C16H13ClN2O.C5H6N4O.C2H6/c1-2-14-18-13-10-6-9-12(17)15(13)16(20)19(14)11-7-4-3-5-8-11;6-4-3(5(7)10)8-1-2-9-4;1-2/h3-10H,2H2,1H3;1-2H,(H2,6,9)(H2,7,10);1-2H3. The molecule has 0 saturated carbocycles. The Bertz CT molecular complexity index is 1260. The van der Waals surface area contributed by atoms with E-state index in [-0.39, 0.29) is 17.1 Å². The summed E-state index contributed by atoms with van der Waals surface area (Å²) in [4.78, 5) is 35.0. The van der Waals surface area contributed by atoms with Crippen molar-refractivity contribution in [3.63, 3.8) is 0 Å². The second-order valence-electron chi connectivity index (χ2n) is 6.15. The number of fused-ring (bicyclic) bond motifs is 1. The zero-order valence-electron chi connectivity index (χ0n) is 18.1. The fraction of sp³-hybridized carbons (Fsp3) is 0.174. The Morgan fingerprint density at radius 2 is 1.69 bits per heavy atom. The highest BCUT2D eigenvalue weighted by molar-refractivity contribution is 6.35. The van der Waals surface area contributed by atoms with Crippen LogP contribution in [0.3, 0.4) is 0 Å². The highest BCUT2D eigenvalue weighted by Crippen LogP contribution is 2.20. The Morgan fingerprint density at radius 3 is 2.25 bits per heavy atom. The molecular formula is C23H25ClN6O2. The number of nitrogens with zero attached hydrogens (tertiary/aromatic N) is 4. The first-order chi connectivity index (χ1) is 15.4. The summed E-state index contributed by atoms with van der Waals surface area (Å²) in [5.74, 6) is 0.136. The largest absolute Gasteiger partial charge is 0.382 e. The molecule has 32 heavy (non-hydrogen) atoms. The second kappa shape index (κ2) is 11.6.